The van der Waals surface area contributed by atoms with Gasteiger partial charge in [-0.2, -0.15) is 0 Å². The first kappa shape index (κ1) is 25.0. The molecule has 0 bridgehead atoms. The molecular formula is C29H44N2O4. The van der Waals surface area contributed by atoms with Crippen LogP contribution in [0.5, 0.6) is 0 Å². The van der Waals surface area contributed by atoms with Gasteiger partial charge in [0.25, 0.3) is 0 Å². The zero-order valence-corrected chi connectivity index (χ0v) is 21.9. The SMILES string of the molecule is CC(C)[C@@H](N)C(=O)N[C@H]1CC[C@@]2(C)[C@H](CC[C@@H]3[C@@H]2CC[C@]2(C)[C@@H](c4ccc(=O)oc4)CC[C@]32O)C1. The maximum atomic E-state index is 12.6. The van der Waals surface area contributed by atoms with Gasteiger partial charge in [-0.25, -0.2) is 4.79 Å². The summed E-state index contributed by atoms with van der Waals surface area (Å²) >= 11 is 0. The Balaban J connectivity index is 1.33. The minimum absolute atomic E-state index is 0.0150. The molecule has 1 aromatic rings. The van der Waals surface area contributed by atoms with Crippen LogP contribution in [0.25, 0.3) is 0 Å². The van der Waals surface area contributed by atoms with Crippen LogP contribution in [0.15, 0.2) is 27.6 Å². The Labute approximate surface area is 209 Å². The maximum absolute atomic E-state index is 12.6. The molecule has 194 valence electrons. The first-order valence-corrected chi connectivity index (χ1v) is 13.9. The van der Waals surface area contributed by atoms with Crippen LogP contribution in [0, 0.1) is 34.5 Å². The van der Waals surface area contributed by atoms with Crippen molar-refractivity contribution in [3.8, 4) is 0 Å². The second-order valence-electron chi connectivity index (χ2n) is 13.1. The van der Waals surface area contributed by atoms with E-state index in [4.69, 9.17) is 10.2 Å². The molecule has 6 heteroatoms. The van der Waals surface area contributed by atoms with Crippen LogP contribution < -0.4 is 16.7 Å². The second-order valence-corrected chi connectivity index (χ2v) is 13.1. The molecule has 4 fully saturated rings. The summed E-state index contributed by atoms with van der Waals surface area (Å²) in [7, 11) is 0. The zero-order chi connectivity index (χ0) is 25.2. The van der Waals surface area contributed by atoms with Crippen molar-refractivity contribution in [1.82, 2.24) is 5.32 Å². The van der Waals surface area contributed by atoms with E-state index in [1.165, 1.54) is 6.07 Å². The maximum Gasteiger partial charge on any atom is 0.335 e. The molecule has 5 rings (SSSR count). The number of hydrogen-bond donors (Lipinski definition) is 3. The van der Waals surface area contributed by atoms with E-state index in [1.807, 2.05) is 19.9 Å². The Morgan fingerprint density at radius 2 is 1.86 bits per heavy atom. The van der Waals surface area contributed by atoms with Crippen LogP contribution in [0.1, 0.15) is 97.0 Å². The fourth-order valence-electron chi connectivity index (χ4n) is 9.06. The van der Waals surface area contributed by atoms with Crippen molar-refractivity contribution in [3.63, 3.8) is 0 Å². The predicted octanol–water partition coefficient (Wildman–Crippen LogP) is 4.35. The lowest BCUT2D eigenvalue weighted by Crippen LogP contribution is -2.62. The van der Waals surface area contributed by atoms with Gasteiger partial charge < -0.3 is 20.6 Å². The Bertz CT molecular complexity index is 1000. The van der Waals surface area contributed by atoms with Crippen molar-refractivity contribution in [3.05, 3.63) is 34.4 Å². The molecule has 1 heterocycles. The van der Waals surface area contributed by atoms with Crippen LogP contribution in [-0.4, -0.2) is 28.7 Å². The molecule has 4 N–H and O–H groups in total. The lowest BCUT2D eigenvalue weighted by atomic mass is 9.43. The van der Waals surface area contributed by atoms with Gasteiger partial charge in [-0.05, 0) is 104 Å². The van der Waals surface area contributed by atoms with E-state index in [2.05, 4.69) is 19.2 Å². The quantitative estimate of drug-likeness (QED) is 0.589. The first-order valence-electron chi connectivity index (χ1n) is 13.9. The van der Waals surface area contributed by atoms with Gasteiger partial charge in [0.15, 0.2) is 0 Å². The highest BCUT2D eigenvalue weighted by atomic mass is 16.4. The molecule has 0 spiro atoms. The Hall–Kier alpha value is -1.66. The third-order valence-electron chi connectivity index (χ3n) is 11.3. The number of carbonyl (C=O) groups excluding carboxylic acids is 1. The lowest BCUT2D eigenvalue weighted by Gasteiger charge is -2.63. The summed E-state index contributed by atoms with van der Waals surface area (Å²) in [6, 6.07) is 3.18. The van der Waals surface area contributed by atoms with Gasteiger partial charge in [-0.3, -0.25) is 4.79 Å². The number of nitrogens with one attached hydrogen (secondary N) is 1. The molecule has 0 aliphatic heterocycles. The van der Waals surface area contributed by atoms with Crippen molar-refractivity contribution in [2.75, 3.05) is 0 Å². The van der Waals surface area contributed by atoms with Crippen molar-refractivity contribution in [1.29, 1.82) is 0 Å². The molecule has 4 aliphatic carbocycles. The van der Waals surface area contributed by atoms with Gasteiger partial charge in [0.05, 0.1) is 17.9 Å². The molecule has 4 saturated carbocycles. The van der Waals surface area contributed by atoms with Gasteiger partial charge in [0, 0.05) is 17.5 Å². The molecule has 35 heavy (non-hydrogen) atoms. The topological polar surface area (TPSA) is 106 Å². The summed E-state index contributed by atoms with van der Waals surface area (Å²) in [5.41, 5.74) is 6.16. The highest BCUT2D eigenvalue weighted by molar-refractivity contribution is 5.82. The minimum atomic E-state index is -0.681. The largest absolute Gasteiger partial charge is 0.431 e. The van der Waals surface area contributed by atoms with Crippen molar-refractivity contribution in [2.45, 2.75) is 109 Å². The third-order valence-corrected chi connectivity index (χ3v) is 11.3. The van der Waals surface area contributed by atoms with E-state index < -0.39 is 11.6 Å². The highest BCUT2D eigenvalue weighted by Crippen LogP contribution is 2.70. The van der Waals surface area contributed by atoms with Crippen LogP contribution >= 0.6 is 0 Å². The fourth-order valence-corrected chi connectivity index (χ4v) is 9.06. The standard InChI is InChI=1S/C29H44N2O4/c1-17(2)25(30)26(33)31-20-9-12-27(3)19(15-20)6-7-23-22(27)10-13-28(4)21(11-14-29(23,28)34)18-5-8-24(32)35-16-18/h5,8,16-17,19-23,25,34H,6-7,9-15,30H2,1-4H3,(H,31,33)/t19-,20+,21-,22+,23-,25-,27+,28-,29+/m1/s1. The normalized spacial score (nSPS) is 43.7. The van der Waals surface area contributed by atoms with Gasteiger partial charge in [-0.1, -0.05) is 27.7 Å². The number of amides is 1. The van der Waals surface area contributed by atoms with E-state index in [1.54, 1.807) is 6.26 Å². The van der Waals surface area contributed by atoms with Crippen LogP contribution in [0.4, 0.5) is 0 Å². The molecule has 6 nitrogen and oxygen atoms in total. The van der Waals surface area contributed by atoms with E-state index in [-0.39, 0.29) is 40.2 Å². The van der Waals surface area contributed by atoms with Gasteiger partial charge in [0.2, 0.25) is 5.91 Å². The summed E-state index contributed by atoms with van der Waals surface area (Å²) in [6.07, 6.45) is 10.8. The molecule has 1 aromatic heterocycles. The molecule has 9 atom stereocenters. The first-order chi connectivity index (χ1) is 16.5. The molecule has 0 radical (unpaired) electrons. The summed E-state index contributed by atoms with van der Waals surface area (Å²) in [4.78, 5) is 24.1. The molecular weight excluding hydrogens is 440 g/mol. The van der Waals surface area contributed by atoms with E-state index >= 15 is 0 Å². The summed E-state index contributed by atoms with van der Waals surface area (Å²) in [5, 5.41) is 15.6. The number of fused-ring (bicyclic) bond motifs is 5. The average Bonchev–Trinajstić information content (AvgIpc) is 3.10. The van der Waals surface area contributed by atoms with Crippen molar-refractivity contribution in [2.24, 2.45) is 40.2 Å². The molecule has 0 saturated heterocycles. The predicted molar refractivity (Wildman–Crippen MR) is 136 cm³/mol. The zero-order valence-electron chi connectivity index (χ0n) is 21.9. The van der Waals surface area contributed by atoms with Gasteiger partial charge in [-0.15, -0.1) is 0 Å². The Kier molecular flexibility index (Phi) is 6.23. The molecule has 0 unspecified atom stereocenters. The monoisotopic (exact) mass is 484 g/mol. The van der Waals surface area contributed by atoms with E-state index in [0.29, 0.717) is 17.8 Å². The van der Waals surface area contributed by atoms with E-state index in [9.17, 15) is 14.7 Å². The highest BCUT2D eigenvalue weighted by Gasteiger charge is 2.67. The molecule has 0 aromatic carbocycles. The second kappa shape index (κ2) is 8.72. The number of nitrogens with two attached hydrogens (primary N) is 1. The average molecular weight is 485 g/mol. The van der Waals surface area contributed by atoms with Crippen LogP contribution in [0.3, 0.4) is 0 Å². The lowest BCUT2D eigenvalue weighted by molar-refractivity contribution is -0.202. The molecule has 1 amide bonds. The Morgan fingerprint density at radius 3 is 2.54 bits per heavy atom. The van der Waals surface area contributed by atoms with Crippen LogP contribution in [-0.2, 0) is 4.79 Å². The summed E-state index contributed by atoms with van der Waals surface area (Å²) in [6.45, 7) is 8.74. The van der Waals surface area contributed by atoms with Crippen molar-refractivity contribution < 1.29 is 14.3 Å². The van der Waals surface area contributed by atoms with Crippen molar-refractivity contribution >= 4 is 5.91 Å². The van der Waals surface area contributed by atoms with Gasteiger partial charge >= 0.3 is 5.63 Å². The molecule has 4 aliphatic rings. The van der Waals surface area contributed by atoms with Gasteiger partial charge in [0.1, 0.15) is 0 Å². The number of carbonyl (C=O) groups is 1. The summed E-state index contributed by atoms with van der Waals surface area (Å²) in [5.74, 6) is 1.74. The third kappa shape index (κ3) is 3.81. The van der Waals surface area contributed by atoms with E-state index in [0.717, 1.165) is 63.4 Å². The number of hydrogen-bond acceptors (Lipinski definition) is 5. The minimum Gasteiger partial charge on any atom is -0.431 e. The number of aliphatic hydroxyl groups is 1. The Morgan fingerprint density at radius 1 is 1.09 bits per heavy atom. The summed E-state index contributed by atoms with van der Waals surface area (Å²) < 4.78 is 5.21. The number of rotatable bonds is 4. The van der Waals surface area contributed by atoms with Crippen LogP contribution in [0.2, 0.25) is 0 Å². The smallest absolute Gasteiger partial charge is 0.335 e. The fraction of sp³-hybridized carbons (Fsp3) is 0.793.